The molecule has 2 aliphatic rings. The van der Waals surface area contributed by atoms with Crippen LogP contribution in [-0.2, 0) is 16.1 Å². The maximum Gasteiger partial charge on any atom is 0.344 e. The molecule has 1 aliphatic carbocycles. The minimum atomic E-state index is -0.967. The third-order valence-electron chi connectivity index (χ3n) is 5.69. The summed E-state index contributed by atoms with van der Waals surface area (Å²) in [7, 11) is 0. The molecule has 4 amide bonds. The number of benzene rings is 1. The molecule has 30 heavy (non-hydrogen) atoms. The lowest BCUT2D eigenvalue weighted by molar-refractivity contribution is -0.140. The SMILES string of the molecule is CC1CCC2(CC1)NC(=O)N(NC(=O)Cn1cnc3c(Cl)cc(Cl)cc3c1=O)C2=O. The molecule has 1 aliphatic heterocycles. The van der Waals surface area contributed by atoms with E-state index in [1.54, 1.807) is 0 Å². The largest absolute Gasteiger partial charge is 0.344 e. The Labute approximate surface area is 181 Å². The fourth-order valence-corrected chi connectivity index (χ4v) is 4.48. The summed E-state index contributed by atoms with van der Waals surface area (Å²) >= 11 is 12.0. The minimum Gasteiger partial charge on any atom is -0.322 e. The van der Waals surface area contributed by atoms with Gasteiger partial charge in [-0.25, -0.2) is 9.78 Å². The van der Waals surface area contributed by atoms with E-state index in [2.05, 4.69) is 22.7 Å². The van der Waals surface area contributed by atoms with Crippen molar-refractivity contribution in [1.29, 1.82) is 0 Å². The molecule has 158 valence electrons. The number of aromatic nitrogens is 2. The molecule has 2 aromatic rings. The number of nitrogens with one attached hydrogen (secondary N) is 2. The summed E-state index contributed by atoms with van der Waals surface area (Å²) in [5, 5.41) is 4.06. The number of hydrogen-bond donors (Lipinski definition) is 2. The van der Waals surface area contributed by atoms with Gasteiger partial charge < -0.3 is 5.32 Å². The summed E-state index contributed by atoms with van der Waals surface area (Å²) in [4.78, 5) is 54.4. The maximum atomic E-state index is 12.8. The highest BCUT2D eigenvalue weighted by Crippen LogP contribution is 2.35. The maximum absolute atomic E-state index is 12.8. The lowest BCUT2D eigenvalue weighted by Gasteiger charge is -2.33. The van der Waals surface area contributed by atoms with Gasteiger partial charge >= 0.3 is 6.03 Å². The molecule has 1 spiro atoms. The van der Waals surface area contributed by atoms with Gasteiger partial charge in [-0.1, -0.05) is 30.1 Å². The van der Waals surface area contributed by atoms with Gasteiger partial charge in [-0.15, -0.1) is 0 Å². The fraction of sp³-hybridized carbons (Fsp3) is 0.421. The van der Waals surface area contributed by atoms with Crippen LogP contribution in [-0.4, -0.2) is 37.9 Å². The minimum absolute atomic E-state index is 0.160. The first-order valence-electron chi connectivity index (χ1n) is 9.50. The molecule has 9 nitrogen and oxygen atoms in total. The van der Waals surface area contributed by atoms with Crippen LogP contribution in [0.2, 0.25) is 10.0 Å². The zero-order chi connectivity index (χ0) is 21.6. The lowest BCUT2D eigenvalue weighted by Crippen LogP contribution is -2.52. The number of rotatable bonds is 3. The molecule has 0 radical (unpaired) electrons. The molecular formula is C19H19Cl2N5O4. The third-order valence-corrected chi connectivity index (χ3v) is 6.19. The molecule has 1 saturated carbocycles. The first-order valence-corrected chi connectivity index (χ1v) is 10.3. The molecule has 1 saturated heterocycles. The lowest BCUT2D eigenvalue weighted by atomic mass is 9.77. The van der Waals surface area contributed by atoms with E-state index >= 15 is 0 Å². The average Bonchev–Trinajstić information content (AvgIpc) is 2.91. The van der Waals surface area contributed by atoms with Crippen molar-refractivity contribution in [3.8, 4) is 0 Å². The molecule has 1 aromatic carbocycles. The van der Waals surface area contributed by atoms with Crippen LogP contribution in [0.5, 0.6) is 0 Å². The Kier molecular flexibility index (Phi) is 5.19. The van der Waals surface area contributed by atoms with Crippen LogP contribution in [0, 0.1) is 5.92 Å². The quantitative estimate of drug-likeness (QED) is 0.694. The van der Waals surface area contributed by atoms with Crippen LogP contribution in [0.3, 0.4) is 0 Å². The Balaban J connectivity index is 1.51. The first kappa shape index (κ1) is 20.6. The first-order chi connectivity index (χ1) is 14.2. The van der Waals surface area contributed by atoms with Crippen LogP contribution >= 0.6 is 23.2 Å². The summed E-state index contributed by atoms with van der Waals surface area (Å²) in [6.07, 6.45) is 3.87. The standard InChI is InChI=1S/C19H19Cl2N5O4/c1-10-2-4-19(5-3-10)17(29)26(18(30)23-19)24-14(27)8-25-9-22-15-12(16(25)28)6-11(20)7-13(15)21/h6-7,9-10H,2-5,8H2,1H3,(H,23,30)(H,24,27). The van der Waals surface area contributed by atoms with E-state index in [4.69, 9.17) is 23.2 Å². The highest BCUT2D eigenvalue weighted by atomic mass is 35.5. The second-order valence-electron chi connectivity index (χ2n) is 7.83. The van der Waals surface area contributed by atoms with E-state index in [1.807, 2.05) is 0 Å². The van der Waals surface area contributed by atoms with Crippen LogP contribution in [0.4, 0.5) is 4.79 Å². The van der Waals surface area contributed by atoms with Gasteiger partial charge in [0.1, 0.15) is 12.1 Å². The van der Waals surface area contributed by atoms with Gasteiger partial charge in [0.05, 0.1) is 22.3 Å². The zero-order valence-corrected chi connectivity index (χ0v) is 17.6. The normalized spacial score (nSPS) is 23.8. The van der Waals surface area contributed by atoms with Crippen molar-refractivity contribution in [3.05, 3.63) is 38.9 Å². The number of fused-ring (bicyclic) bond motifs is 1. The van der Waals surface area contributed by atoms with Gasteiger partial charge in [-0.2, -0.15) is 5.01 Å². The van der Waals surface area contributed by atoms with Gasteiger partial charge in [0, 0.05) is 5.02 Å². The molecule has 0 unspecified atom stereocenters. The molecule has 0 atom stereocenters. The fourth-order valence-electron chi connectivity index (χ4n) is 3.94. The Bertz CT molecular complexity index is 1120. The number of halogens is 2. The highest BCUT2D eigenvalue weighted by molar-refractivity contribution is 6.38. The van der Waals surface area contributed by atoms with Crippen LogP contribution in [0.1, 0.15) is 32.6 Å². The van der Waals surface area contributed by atoms with Crippen molar-refractivity contribution in [2.45, 2.75) is 44.7 Å². The van der Waals surface area contributed by atoms with Gasteiger partial charge in [0.15, 0.2) is 0 Å². The second kappa shape index (κ2) is 7.55. The van der Waals surface area contributed by atoms with E-state index in [0.29, 0.717) is 23.8 Å². The van der Waals surface area contributed by atoms with Gasteiger partial charge in [-0.05, 0) is 43.7 Å². The van der Waals surface area contributed by atoms with Crippen molar-refractivity contribution < 1.29 is 14.4 Å². The number of carbonyl (C=O) groups excluding carboxylic acids is 3. The van der Waals surface area contributed by atoms with Crippen LogP contribution < -0.4 is 16.3 Å². The molecule has 2 fully saturated rings. The Morgan fingerprint density at radius 2 is 1.97 bits per heavy atom. The van der Waals surface area contributed by atoms with Crippen molar-refractivity contribution in [3.63, 3.8) is 0 Å². The molecule has 4 rings (SSSR count). The highest BCUT2D eigenvalue weighted by Gasteiger charge is 2.52. The van der Waals surface area contributed by atoms with E-state index in [1.165, 1.54) is 18.5 Å². The van der Waals surface area contributed by atoms with Gasteiger partial charge in [0.25, 0.3) is 17.4 Å². The average molecular weight is 452 g/mol. The molecule has 11 heteroatoms. The topological polar surface area (TPSA) is 113 Å². The smallest absolute Gasteiger partial charge is 0.322 e. The number of hydrogen-bond acceptors (Lipinski definition) is 5. The van der Waals surface area contributed by atoms with E-state index in [-0.39, 0.29) is 20.9 Å². The molecule has 2 N–H and O–H groups in total. The van der Waals surface area contributed by atoms with Crippen molar-refractivity contribution >= 4 is 52.0 Å². The molecular weight excluding hydrogens is 433 g/mol. The van der Waals surface area contributed by atoms with Crippen LogP contribution in [0.15, 0.2) is 23.3 Å². The van der Waals surface area contributed by atoms with Crippen molar-refractivity contribution in [2.75, 3.05) is 0 Å². The Hall–Kier alpha value is -2.65. The van der Waals surface area contributed by atoms with Crippen molar-refractivity contribution in [1.82, 2.24) is 25.3 Å². The summed E-state index contributed by atoms with van der Waals surface area (Å²) < 4.78 is 1.06. The number of carbonyl (C=O) groups is 3. The third kappa shape index (κ3) is 3.52. The Morgan fingerprint density at radius 1 is 1.27 bits per heavy atom. The monoisotopic (exact) mass is 451 g/mol. The van der Waals surface area contributed by atoms with E-state index < -0.39 is 35.5 Å². The molecule has 1 aromatic heterocycles. The second-order valence-corrected chi connectivity index (χ2v) is 8.68. The summed E-state index contributed by atoms with van der Waals surface area (Å²) in [6, 6.07) is 2.21. The number of hydrazine groups is 1. The predicted molar refractivity (Wildman–Crippen MR) is 110 cm³/mol. The number of nitrogens with zero attached hydrogens (tertiary/aromatic N) is 3. The summed E-state index contributed by atoms with van der Waals surface area (Å²) in [5.74, 6) is -0.704. The van der Waals surface area contributed by atoms with Gasteiger partial charge in [-0.3, -0.25) is 24.4 Å². The van der Waals surface area contributed by atoms with Gasteiger partial charge in [0.2, 0.25) is 0 Å². The molecule has 2 heterocycles. The van der Waals surface area contributed by atoms with Crippen molar-refractivity contribution in [2.24, 2.45) is 5.92 Å². The summed E-state index contributed by atoms with van der Waals surface area (Å²) in [5.41, 5.74) is 1.08. The summed E-state index contributed by atoms with van der Waals surface area (Å²) in [6.45, 7) is 1.66. The van der Waals surface area contributed by atoms with Crippen LogP contribution in [0.25, 0.3) is 10.9 Å². The van der Waals surface area contributed by atoms with E-state index in [0.717, 1.165) is 17.4 Å². The Morgan fingerprint density at radius 3 is 2.67 bits per heavy atom. The van der Waals surface area contributed by atoms with E-state index in [9.17, 15) is 19.2 Å². The number of urea groups is 1. The zero-order valence-electron chi connectivity index (χ0n) is 16.1. The predicted octanol–water partition coefficient (Wildman–Crippen LogP) is 2.24. The number of amides is 4. The number of imide groups is 1. The molecule has 0 bridgehead atoms.